The van der Waals surface area contributed by atoms with Gasteiger partial charge in [-0.2, -0.15) is 0 Å². The Morgan fingerprint density at radius 1 is 1.11 bits per heavy atom. The molecule has 0 spiro atoms. The Morgan fingerprint density at radius 2 is 2.00 bits per heavy atom. The molecule has 3 rings (SSSR count). The SMILES string of the molecule is FC(C1CCCCN1)C1CCc2ccccc2N1. The van der Waals surface area contributed by atoms with Crippen LogP contribution < -0.4 is 10.6 Å². The predicted molar refractivity (Wildman–Crippen MR) is 72.7 cm³/mol. The first kappa shape index (κ1) is 12.0. The molecule has 3 atom stereocenters. The lowest BCUT2D eigenvalue weighted by molar-refractivity contribution is 0.188. The average Bonchev–Trinajstić information content (AvgIpc) is 2.47. The van der Waals surface area contributed by atoms with E-state index >= 15 is 0 Å². The number of aryl methyl sites for hydroxylation is 1. The van der Waals surface area contributed by atoms with E-state index in [2.05, 4.69) is 28.8 Å². The van der Waals surface area contributed by atoms with Gasteiger partial charge in [0.05, 0.1) is 6.04 Å². The topological polar surface area (TPSA) is 24.1 Å². The lowest BCUT2D eigenvalue weighted by Gasteiger charge is -2.35. The molecular formula is C15H21FN2. The number of piperidine rings is 1. The van der Waals surface area contributed by atoms with Crippen LogP contribution in [-0.4, -0.2) is 24.8 Å². The quantitative estimate of drug-likeness (QED) is 0.841. The Balaban J connectivity index is 1.67. The maximum atomic E-state index is 14.5. The summed E-state index contributed by atoms with van der Waals surface area (Å²) >= 11 is 0. The molecule has 0 aliphatic carbocycles. The van der Waals surface area contributed by atoms with Crippen molar-refractivity contribution in [1.29, 1.82) is 0 Å². The normalized spacial score (nSPS) is 29.2. The van der Waals surface area contributed by atoms with Crippen LogP contribution in [-0.2, 0) is 6.42 Å². The first-order valence-electron chi connectivity index (χ1n) is 7.06. The zero-order chi connectivity index (χ0) is 12.4. The first-order chi connectivity index (χ1) is 8.84. The molecule has 2 nitrogen and oxygen atoms in total. The number of anilines is 1. The number of nitrogens with one attached hydrogen (secondary N) is 2. The second-order valence-electron chi connectivity index (χ2n) is 5.45. The summed E-state index contributed by atoms with van der Waals surface area (Å²) in [5.41, 5.74) is 2.43. The molecule has 3 unspecified atom stereocenters. The number of rotatable bonds is 2. The van der Waals surface area contributed by atoms with E-state index in [1.165, 1.54) is 12.0 Å². The van der Waals surface area contributed by atoms with Crippen LogP contribution in [0, 0.1) is 0 Å². The Kier molecular flexibility index (Phi) is 3.50. The highest BCUT2D eigenvalue weighted by Gasteiger charge is 2.32. The van der Waals surface area contributed by atoms with E-state index in [4.69, 9.17) is 0 Å². The molecule has 0 radical (unpaired) electrons. The van der Waals surface area contributed by atoms with Gasteiger partial charge in [0, 0.05) is 11.7 Å². The van der Waals surface area contributed by atoms with Crippen LogP contribution in [0.25, 0.3) is 0 Å². The van der Waals surface area contributed by atoms with E-state index in [9.17, 15) is 4.39 Å². The lowest BCUT2D eigenvalue weighted by atomic mass is 9.90. The molecule has 1 fully saturated rings. The third kappa shape index (κ3) is 2.37. The molecule has 2 N–H and O–H groups in total. The number of benzene rings is 1. The van der Waals surface area contributed by atoms with E-state index in [-0.39, 0.29) is 12.1 Å². The van der Waals surface area contributed by atoms with Crippen LogP contribution in [0.2, 0.25) is 0 Å². The maximum absolute atomic E-state index is 14.5. The fourth-order valence-electron chi connectivity index (χ4n) is 3.13. The molecule has 18 heavy (non-hydrogen) atoms. The molecule has 3 heteroatoms. The van der Waals surface area contributed by atoms with Crippen molar-refractivity contribution in [3.63, 3.8) is 0 Å². The third-order valence-electron chi connectivity index (χ3n) is 4.20. The Labute approximate surface area is 108 Å². The van der Waals surface area contributed by atoms with Crippen molar-refractivity contribution in [2.75, 3.05) is 11.9 Å². The second-order valence-corrected chi connectivity index (χ2v) is 5.45. The van der Waals surface area contributed by atoms with Gasteiger partial charge < -0.3 is 10.6 Å². The van der Waals surface area contributed by atoms with E-state index in [1.54, 1.807) is 0 Å². The predicted octanol–water partition coefficient (Wildman–Crippen LogP) is 2.89. The van der Waals surface area contributed by atoms with E-state index < -0.39 is 6.17 Å². The molecule has 0 saturated carbocycles. The number of fused-ring (bicyclic) bond motifs is 1. The Morgan fingerprint density at radius 3 is 2.83 bits per heavy atom. The average molecular weight is 248 g/mol. The minimum absolute atomic E-state index is 0.0319. The lowest BCUT2D eigenvalue weighted by Crippen LogP contribution is -2.49. The molecule has 2 aliphatic rings. The molecule has 1 aromatic rings. The van der Waals surface area contributed by atoms with Crippen molar-refractivity contribution < 1.29 is 4.39 Å². The molecular weight excluding hydrogens is 227 g/mol. The van der Waals surface area contributed by atoms with Gasteiger partial charge in [0.15, 0.2) is 0 Å². The van der Waals surface area contributed by atoms with Crippen LogP contribution in [0.1, 0.15) is 31.2 Å². The largest absolute Gasteiger partial charge is 0.379 e. The summed E-state index contributed by atoms with van der Waals surface area (Å²) in [6.45, 7) is 0.967. The molecule has 2 heterocycles. The maximum Gasteiger partial charge on any atom is 0.135 e. The monoisotopic (exact) mass is 248 g/mol. The summed E-state index contributed by atoms with van der Waals surface area (Å²) < 4.78 is 14.5. The molecule has 2 aliphatic heterocycles. The van der Waals surface area contributed by atoms with Crippen molar-refractivity contribution in [3.8, 4) is 0 Å². The van der Waals surface area contributed by atoms with Gasteiger partial charge in [-0.1, -0.05) is 24.6 Å². The fourth-order valence-corrected chi connectivity index (χ4v) is 3.13. The van der Waals surface area contributed by atoms with Gasteiger partial charge in [-0.25, -0.2) is 4.39 Å². The number of hydrogen-bond donors (Lipinski definition) is 2. The number of halogens is 1. The van der Waals surface area contributed by atoms with Crippen LogP contribution >= 0.6 is 0 Å². The van der Waals surface area contributed by atoms with Crippen molar-refractivity contribution in [2.45, 2.75) is 50.4 Å². The Hall–Kier alpha value is -1.09. The minimum Gasteiger partial charge on any atom is -0.379 e. The highest BCUT2D eigenvalue weighted by molar-refractivity contribution is 5.54. The molecule has 1 saturated heterocycles. The zero-order valence-corrected chi connectivity index (χ0v) is 10.7. The van der Waals surface area contributed by atoms with Crippen LogP contribution in [0.4, 0.5) is 10.1 Å². The van der Waals surface area contributed by atoms with E-state index in [1.807, 2.05) is 6.07 Å². The van der Waals surface area contributed by atoms with Gasteiger partial charge >= 0.3 is 0 Å². The summed E-state index contributed by atoms with van der Waals surface area (Å²) in [5, 5.41) is 6.70. The molecule has 1 aromatic carbocycles. The van der Waals surface area contributed by atoms with Crippen LogP contribution in [0.3, 0.4) is 0 Å². The molecule has 0 amide bonds. The van der Waals surface area contributed by atoms with Crippen molar-refractivity contribution >= 4 is 5.69 Å². The van der Waals surface area contributed by atoms with Gasteiger partial charge in [-0.15, -0.1) is 0 Å². The first-order valence-corrected chi connectivity index (χ1v) is 7.06. The highest BCUT2D eigenvalue weighted by atomic mass is 19.1. The van der Waals surface area contributed by atoms with Crippen molar-refractivity contribution in [2.24, 2.45) is 0 Å². The smallest absolute Gasteiger partial charge is 0.135 e. The molecule has 98 valence electrons. The van der Waals surface area contributed by atoms with Gasteiger partial charge in [0.25, 0.3) is 0 Å². The zero-order valence-electron chi connectivity index (χ0n) is 10.7. The Bertz CT molecular complexity index is 401. The standard InChI is InChI=1S/C15H21FN2/c16-15(13-7-3-4-10-17-13)14-9-8-11-5-1-2-6-12(11)18-14/h1-2,5-6,13-15,17-18H,3-4,7-10H2. The molecule has 0 bridgehead atoms. The summed E-state index contributed by atoms with van der Waals surface area (Å²) in [5.74, 6) is 0. The summed E-state index contributed by atoms with van der Waals surface area (Å²) in [4.78, 5) is 0. The second kappa shape index (κ2) is 5.27. The minimum atomic E-state index is -0.779. The van der Waals surface area contributed by atoms with Crippen LogP contribution in [0.15, 0.2) is 24.3 Å². The molecule has 0 aromatic heterocycles. The number of alkyl halides is 1. The van der Waals surface area contributed by atoms with Gasteiger partial charge in [-0.05, 0) is 43.9 Å². The highest BCUT2D eigenvalue weighted by Crippen LogP contribution is 2.28. The van der Waals surface area contributed by atoms with Gasteiger partial charge in [0.1, 0.15) is 6.17 Å². The van der Waals surface area contributed by atoms with Crippen molar-refractivity contribution in [1.82, 2.24) is 5.32 Å². The number of hydrogen-bond acceptors (Lipinski definition) is 2. The third-order valence-corrected chi connectivity index (χ3v) is 4.20. The fraction of sp³-hybridized carbons (Fsp3) is 0.600. The summed E-state index contributed by atoms with van der Waals surface area (Å²) in [6.07, 6.45) is 4.42. The van der Waals surface area contributed by atoms with Gasteiger partial charge in [-0.3, -0.25) is 0 Å². The van der Waals surface area contributed by atoms with Crippen LogP contribution in [0.5, 0.6) is 0 Å². The van der Waals surface area contributed by atoms with Crippen molar-refractivity contribution in [3.05, 3.63) is 29.8 Å². The number of para-hydroxylation sites is 1. The van der Waals surface area contributed by atoms with E-state index in [0.29, 0.717) is 0 Å². The summed E-state index contributed by atoms with van der Waals surface area (Å²) in [6, 6.07) is 8.27. The van der Waals surface area contributed by atoms with Gasteiger partial charge in [0.2, 0.25) is 0 Å². The van der Waals surface area contributed by atoms with E-state index in [0.717, 1.165) is 37.9 Å². The summed E-state index contributed by atoms with van der Waals surface area (Å²) in [7, 11) is 0.